The van der Waals surface area contributed by atoms with Gasteiger partial charge in [0.1, 0.15) is 0 Å². The van der Waals surface area contributed by atoms with Gasteiger partial charge in [0.05, 0.1) is 44.5 Å². The van der Waals surface area contributed by atoms with Crippen LogP contribution in [-0.4, -0.2) is 20.4 Å². The summed E-state index contributed by atoms with van der Waals surface area (Å²) in [6.07, 6.45) is 0. The van der Waals surface area contributed by atoms with Crippen LogP contribution in [0.1, 0.15) is 184 Å². The van der Waals surface area contributed by atoms with Crippen molar-refractivity contribution < 1.29 is 0 Å². The molecule has 0 bridgehead atoms. The molecular weight excluding hydrogens is 1500 g/mol. The van der Waals surface area contributed by atoms with E-state index in [1.807, 2.05) is 0 Å². The highest BCUT2D eigenvalue weighted by atomic mass is 15.2. The summed E-state index contributed by atoms with van der Waals surface area (Å²) in [4.78, 5) is 5.54. The van der Waals surface area contributed by atoms with Crippen molar-refractivity contribution in [2.75, 3.05) is 9.80 Å². The summed E-state index contributed by atoms with van der Waals surface area (Å²) < 4.78 is 7.67. The lowest BCUT2D eigenvalue weighted by Gasteiger charge is -2.46. The Balaban J connectivity index is 0.961. The molecular formula is C118H114BN5. The molecule has 0 atom stereocenters. The van der Waals surface area contributed by atoms with Crippen LogP contribution < -0.4 is 26.2 Å². The van der Waals surface area contributed by atoms with E-state index in [1.165, 1.54) is 110 Å². The van der Waals surface area contributed by atoms with Crippen LogP contribution in [0.4, 0.5) is 34.1 Å². The number of anilines is 6. The minimum atomic E-state index is -0.376. The molecule has 6 heteroatoms. The molecule has 124 heavy (non-hydrogen) atoms. The van der Waals surface area contributed by atoms with Gasteiger partial charge >= 0.3 is 0 Å². The Kier molecular flexibility index (Phi) is 18.3. The zero-order chi connectivity index (χ0) is 86.5. The molecule has 0 saturated carbocycles. The highest BCUT2D eigenvalue weighted by Gasteiger charge is 2.47. The summed E-state index contributed by atoms with van der Waals surface area (Å²) in [6, 6.07) is 121. The van der Waals surface area contributed by atoms with Crippen LogP contribution in [0.2, 0.25) is 0 Å². The van der Waals surface area contributed by atoms with Crippen molar-refractivity contribution in [1.29, 1.82) is 0 Å². The zero-order valence-electron chi connectivity index (χ0n) is 76.3. The number of fused-ring (bicyclic) bond motifs is 14. The molecule has 2 aliphatic rings. The third kappa shape index (κ3) is 13.2. The first kappa shape index (κ1) is 79.8. The maximum atomic E-state index is 2.77. The van der Waals surface area contributed by atoms with E-state index in [1.54, 1.807) is 0 Å². The summed E-state index contributed by atoms with van der Waals surface area (Å²) in [5, 5.41) is 7.37. The third-order valence-electron chi connectivity index (χ3n) is 27.2. The molecule has 614 valence electrons. The first-order valence-corrected chi connectivity index (χ1v) is 44.8. The summed E-state index contributed by atoms with van der Waals surface area (Å²) in [5.74, 6) is 0. The van der Waals surface area contributed by atoms with Gasteiger partial charge in [0.2, 0.25) is 0 Å². The first-order chi connectivity index (χ1) is 58.9. The van der Waals surface area contributed by atoms with E-state index in [2.05, 4.69) is 478 Å². The number of rotatable bonds is 9. The Hall–Kier alpha value is -12.6. The average Bonchev–Trinajstić information content (AvgIpc) is 0.775. The molecule has 0 saturated heterocycles. The molecule has 3 aromatic heterocycles. The number of para-hydroxylation sites is 5. The third-order valence-corrected chi connectivity index (χ3v) is 27.2. The smallest absolute Gasteiger partial charge is 0.252 e. The van der Waals surface area contributed by atoms with Gasteiger partial charge in [0.15, 0.2) is 0 Å². The summed E-state index contributed by atoms with van der Waals surface area (Å²) >= 11 is 0. The highest BCUT2D eigenvalue weighted by Crippen LogP contribution is 2.56. The largest absolute Gasteiger partial charge is 0.310 e. The minimum absolute atomic E-state index is 0.0650. The number of nitrogens with zero attached hydrogens (tertiary/aromatic N) is 5. The Morgan fingerprint density at radius 2 is 0.540 bits per heavy atom. The number of benzene rings is 15. The van der Waals surface area contributed by atoms with Gasteiger partial charge in [-0.15, -0.1) is 0 Å². The standard InChI is InChI=1S/C118H114BN5/c1-112(2,3)77-49-41-73(42-50-77)87-35-29-36-88(74-43-51-78(52-44-74)113(4,5)6)109(87)123-103-71-85(121-100-64-57-81(116(13,14)15)67-94(100)95-68-82(117(16,17)18)58-65-101(95)121)59-62-96(103)119-97-63-60-86(122-98-39-27-25-33-91(98)92-61-66-102-107(111(92)122)93-34-26-28-40-99(93)120(102)84-31-23-22-24-32-84)72-104(97)124(106-70-83(118(19,20)21)69-105(123)108(106)119)110-89(75-45-53-79(54-46-75)114(7,8)9)37-30-38-90(110)76-47-55-80(56-48-76)115(10,11)12/h22-72H,1-21H3. The van der Waals surface area contributed by atoms with E-state index in [0.717, 1.165) is 107 Å². The maximum Gasteiger partial charge on any atom is 0.252 e. The van der Waals surface area contributed by atoms with Crippen LogP contribution in [0.25, 0.3) is 127 Å². The fraction of sp³-hybridized carbons (Fsp3) is 0.237. The molecule has 15 aromatic carbocycles. The van der Waals surface area contributed by atoms with Crippen LogP contribution in [0.3, 0.4) is 0 Å². The van der Waals surface area contributed by atoms with Crippen molar-refractivity contribution >= 4 is 123 Å². The highest BCUT2D eigenvalue weighted by molar-refractivity contribution is 7.00. The van der Waals surface area contributed by atoms with Gasteiger partial charge in [-0.1, -0.05) is 364 Å². The van der Waals surface area contributed by atoms with Crippen LogP contribution >= 0.6 is 0 Å². The Morgan fingerprint density at radius 1 is 0.210 bits per heavy atom. The Labute approximate surface area is 734 Å². The van der Waals surface area contributed by atoms with Crippen molar-refractivity contribution in [3.63, 3.8) is 0 Å². The first-order valence-electron chi connectivity index (χ1n) is 44.8. The maximum absolute atomic E-state index is 2.77. The van der Waals surface area contributed by atoms with Gasteiger partial charge in [-0.2, -0.15) is 0 Å². The summed E-state index contributed by atoms with van der Waals surface area (Å²) in [6.45, 7) is 49.0. The van der Waals surface area contributed by atoms with E-state index in [4.69, 9.17) is 0 Å². The molecule has 20 rings (SSSR count). The summed E-state index contributed by atoms with van der Waals surface area (Å²) in [7, 11) is 0. The monoisotopic (exact) mass is 1610 g/mol. The molecule has 0 radical (unpaired) electrons. The molecule has 0 N–H and O–H groups in total. The zero-order valence-corrected chi connectivity index (χ0v) is 76.3. The van der Waals surface area contributed by atoms with Crippen LogP contribution in [-0.2, 0) is 37.9 Å². The van der Waals surface area contributed by atoms with Gasteiger partial charge in [-0.25, -0.2) is 0 Å². The van der Waals surface area contributed by atoms with Crippen molar-refractivity contribution in [2.24, 2.45) is 0 Å². The lowest BCUT2D eigenvalue weighted by Crippen LogP contribution is -2.61. The molecule has 5 nitrogen and oxygen atoms in total. The topological polar surface area (TPSA) is 21.3 Å². The molecule has 0 aliphatic carbocycles. The quantitative estimate of drug-likeness (QED) is 0.134. The predicted molar refractivity (Wildman–Crippen MR) is 536 cm³/mol. The van der Waals surface area contributed by atoms with Crippen molar-refractivity contribution in [2.45, 2.75) is 183 Å². The molecule has 5 heterocycles. The van der Waals surface area contributed by atoms with Gasteiger partial charge in [-0.05, 0) is 206 Å². The second kappa shape index (κ2) is 28.5. The van der Waals surface area contributed by atoms with E-state index in [9.17, 15) is 0 Å². The van der Waals surface area contributed by atoms with Crippen molar-refractivity contribution in [3.05, 3.63) is 348 Å². The SMILES string of the molecule is CC(C)(C)c1ccc(-c2cccc(-c3ccc(C(C)(C)C)cc3)c2N2c3cc(-n4c5ccc(C(C)(C)C)cc5c5cc(C(C)(C)C)ccc54)ccc3B3c4ccc(-n5c6ccccc6c6ccc7c(c8ccccc8n7-c7ccccc7)c65)cc4N(c4c(-c5ccc(C(C)(C)C)cc5)cccc4-c4ccc(C(C)(C)C)cc4)c4cc(C(C)(C)C)cc2c43)cc1. The van der Waals surface area contributed by atoms with E-state index in [0.29, 0.717) is 0 Å². The van der Waals surface area contributed by atoms with Crippen molar-refractivity contribution in [1.82, 2.24) is 13.7 Å². The number of aromatic nitrogens is 3. The normalized spacial score (nSPS) is 13.5. The molecule has 0 fully saturated rings. The number of hydrogen-bond acceptors (Lipinski definition) is 2. The number of hydrogen-bond donors (Lipinski definition) is 0. The van der Waals surface area contributed by atoms with Gasteiger partial charge in [0.25, 0.3) is 6.71 Å². The molecule has 2 aliphatic heterocycles. The Bertz CT molecular complexity index is 7110. The molecule has 0 unspecified atom stereocenters. The van der Waals surface area contributed by atoms with Crippen molar-refractivity contribution in [3.8, 4) is 61.6 Å². The Morgan fingerprint density at radius 3 is 0.935 bits per heavy atom. The van der Waals surface area contributed by atoms with Gasteiger partial charge in [0, 0.05) is 94.4 Å². The average molecular weight is 1610 g/mol. The van der Waals surface area contributed by atoms with E-state index < -0.39 is 0 Å². The second-order valence-electron chi connectivity index (χ2n) is 42.7. The molecule has 18 aromatic rings. The minimum Gasteiger partial charge on any atom is -0.310 e. The summed E-state index contributed by atoms with van der Waals surface area (Å²) in [5.41, 5.74) is 38.3. The fourth-order valence-corrected chi connectivity index (χ4v) is 20.1. The molecule has 0 amide bonds. The second-order valence-corrected chi connectivity index (χ2v) is 42.7. The lowest BCUT2D eigenvalue weighted by molar-refractivity contribution is 0.590. The van der Waals surface area contributed by atoms with Crippen LogP contribution in [0.15, 0.2) is 309 Å². The fourth-order valence-electron chi connectivity index (χ4n) is 20.1. The van der Waals surface area contributed by atoms with Crippen LogP contribution in [0.5, 0.6) is 0 Å². The lowest BCUT2D eigenvalue weighted by atomic mass is 9.33. The van der Waals surface area contributed by atoms with E-state index in [-0.39, 0.29) is 44.6 Å². The van der Waals surface area contributed by atoms with E-state index >= 15 is 0 Å². The predicted octanol–water partition coefficient (Wildman–Crippen LogP) is 30.8. The van der Waals surface area contributed by atoms with Crippen LogP contribution in [0, 0.1) is 0 Å². The molecule has 0 spiro atoms. The van der Waals surface area contributed by atoms with Gasteiger partial charge < -0.3 is 23.5 Å². The van der Waals surface area contributed by atoms with Gasteiger partial charge in [-0.3, -0.25) is 0 Å².